The summed E-state index contributed by atoms with van der Waals surface area (Å²) in [6.07, 6.45) is 1.71. The smallest absolute Gasteiger partial charge is 0.191 e. The average molecular weight is 340 g/mol. The molecule has 0 fully saturated rings. The van der Waals surface area contributed by atoms with Crippen LogP contribution in [0, 0.1) is 0 Å². The fourth-order valence-corrected chi connectivity index (χ4v) is 2.95. The fraction of sp³-hybridized carbons (Fsp3) is 0.176. The molecule has 0 bridgehead atoms. The van der Waals surface area contributed by atoms with Crippen molar-refractivity contribution in [3.05, 3.63) is 54.2 Å². The van der Waals surface area contributed by atoms with Crippen molar-refractivity contribution in [1.82, 2.24) is 19.7 Å². The number of ether oxygens (including phenoxy) is 1. The third kappa shape index (κ3) is 3.46. The van der Waals surface area contributed by atoms with Gasteiger partial charge in [-0.1, -0.05) is 17.8 Å². The number of carbonyl (C=O) groups excluding carboxylic acids is 1. The summed E-state index contributed by atoms with van der Waals surface area (Å²) in [7, 11) is 3.46. The van der Waals surface area contributed by atoms with Crippen LogP contribution in [-0.4, -0.2) is 38.4 Å². The summed E-state index contributed by atoms with van der Waals surface area (Å²) in [5.41, 5.74) is 1.40. The van der Waals surface area contributed by atoms with Gasteiger partial charge in [0.1, 0.15) is 11.4 Å². The van der Waals surface area contributed by atoms with E-state index in [1.807, 2.05) is 29.8 Å². The lowest BCUT2D eigenvalue weighted by atomic mass is 10.1. The first-order valence-corrected chi connectivity index (χ1v) is 8.28. The molecule has 1 aromatic carbocycles. The fourth-order valence-electron chi connectivity index (χ4n) is 2.15. The number of methoxy groups -OCH3 is 1. The maximum atomic E-state index is 12.3. The molecule has 3 rings (SSSR count). The third-order valence-corrected chi connectivity index (χ3v) is 4.49. The van der Waals surface area contributed by atoms with Crippen molar-refractivity contribution >= 4 is 17.5 Å². The highest BCUT2D eigenvalue weighted by molar-refractivity contribution is 7.99. The van der Waals surface area contributed by atoms with Crippen molar-refractivity contribution in [3.63, 3.8) is 0 Å². The zero-order valence-electron chi connectivity index (χ0n) is 13.3. The Morgan fingerprint density at radius 2 is 1.96 bits per heavy atom. The zero-order valence-corrected chi connectivity index (χ0v) is 14.2. The number of rotatable bonds is 6. The molecule has 7 heteroatoms. The van der Waals surface area contributed by atoms with Crippen LogP contribution < -0.4 is 4.74 Å². The molecular formula is C17H16N4O2S. The van der Waals surface area contributed by atoms with Crippen LogP contribution >= 0.6 is 11.8 Å². The van der Waals surface area contributed by atoms with Crippen LogP contribution in [-0.2, 0) is 7.05 Å². The summed E-state index contributed by atoms with van der Waals surface area (Å²) in [5.74, 6) is 1.73. The lowest BCUT2D eigenvalue weighted by molar-refractivity contribution is 0.102. The number of carbonyl (C=O) groups is 1. The van der Waals surface area contributed by atoms with Crippen LogP contribution in [0.15, 0.2) is 53.8 Å². The van der Waals surface area contributed by atoms with Gasteiger partial charge >= 0.3 is 0 Å². The van der Waals surface area contributed by atoms with Crippen molar-refractivity contribution in [2.45, 2.75) is 5.16 Å². The van der Waals surface area contributed by atoms with Crippen molar-refractivity contribution in [3.8, 4) is 17.3 Å². The summed E-state index contributed by atoms with van der Waals surface area (Å²) in [5, 5.41) is 8.99. The lowest BCUT2D eigenvalue weighted by Gasteiger charge is -2.04. The minimum absolute atomic E-state index is 0.0324. The second-order valence-electron chi connectivity index (χ2n) is 5.02. The number of hydrogen-bond acceptors (Lipinski definition) is 6. The molecule has 3 aromatic rings. The summed E-state index contributed by atoms with van der Waals surface area (Å²) in [4.78, 5) is 16.5. The van der Waals surface area contributed by atoms with E-state index in [2.05, 4.69) is 15.2 Å². The predicted octanol–water partition coefficient (Wildman–Crippen LogP) is 2.86. The second kappa shape index (κ2) is 7.27. The number of benzene rings is 1. The van der Waals surface area contributed by atoms with Gasteiger partial charge in [-0.2, -0.15) is 0 Å². The van der Waals surface area contributed by atoms with E-state index in [0.29, 0.717) is 22.3 Å². The second-order valence-corrected chi connectivity index (χ2v) is 5.96. The molecule has 2 aromatic heterocycles. The standard InChI is InChI=1S/C17H16N4O2S/c1-21-16(14-5-3-4-10-18-14)19-20-17(21)24-11-15(22)12-6-8-13(23-2)9-7-12/h3-10H,11H2,1-2H3. The molecule has 0 saturated heterocycles. The van der Waals surface area contributed by atoms with Crippen LogP contribution in [0.5, 0.6) is 5.75 Å². The molecule has 6 nitrogen and oxygen atoms in total. The van der Waals surface area contributed by atoms with Crippen LogP contribution in [0.2, 0.25) is 0 Å². The summed E-state index contributed by atoms with van der Waals surface area (Å²) in [6.45, 7) is 0. The Kier molecular flexibility index (Phi) is 4.90. The molecule has 2 heterocycles. The summed E-state index contributed by atoms with van der Waals surface area (Å²) < 4.78 is 6.94. The minimum atomic E-state index is 0.0324. The van der Waals surface area contributed by atoms with Gasteiger partial charge in [-0.05, 0) is 36.4 Å². The van der Waals surface area contributed by atoms with E-state index in [-0.39, 0.29) is 5.78 Å². The molecular weight excluding hydrogens is 324 g/mol. The molecule has 0 spiro atoms. The highest BCUT2D eigenvalue weighted by Crippen LogP contribution is 2.22. The first-order chi connectivity index (χ1) is 11.7. The number of hydrogen-bond donors (Lipinski definition) is 0. The minimum Gasteiger partial charge on any atom is -0.497 e. The Balaban J connectivity index is 1.68. The van der Waals surface area contributed by atoms with Crippen molar-refractivity contribution in [2.75, 3.05) is 12.9 Å². The zero-order chi connectivity index (χ0) is 16.9. The van der Waals surface area contributed by atoms with Gasteiger partial charge in [0.25, 0.3) is 0 Å². The van der Waals surface area contributed by atoms with E-state index in [0.717, 1.165) is 11.4 Å². The van der Waals surface area contributed by atoms with E-state index in [1.165, 1.54) is 11.8 Å². The first-order valence-electron chi connectivity index (χ1n) is 7.30. The molecule has 0 aliphatic rings. The normalized spacial score (nSPS) is 10.6. The van der Waals surface area contributed by atoms with Crippen LogP contribution in [0.1, 0.15) is 10.4 Å². The number of Topliss-reactive ketones (excluding diaryl/α,β-unsaturated/α-hetero) is 1. The Morgan fingerprint density at radius 1 is 1.17 bits per heavy atom. The molecule has 0 aliphatic carbocycles. The Hall–Kier alpha value is -2.67. The van der Waals surface area contributed by atoms with E-state index >= 15 is 0 Å². The molecule has 0 unspecified atom stereocenters. The Bertz CT molecular complexity index is 832. The maximum Gasteiger partial charge on any atom is 0.191 e. The van der Waals surface area contributed by atoms with Gasteiger partial charge in [0, 0.05) is 18.8 Å². The monoisotopic (exact) mass is 340 g/mol. The van der Waals surface area contributed by atoms with E-state index in [9.17, 15) is 4.79 Å². The van der Waals surface area contributed by atoms with Crippen molar-refractivity contribution < 1.29 is 9.53 Å². The largest absolute Gasteiger partial charge is 0.497 e. The van der Waals surface area contributed by atoms with Crippen LogP contribution in [0.4, 0.5) is 0 Å². The number of ketones is 1. The van der Waals surface area contributed by atoms with Crippen molar-refractivity contribution in [2.24, 2.45) is 7.05 Å². The van der Waals surface area contributed by atoms with Gasteiger partial charge in [-0.15, -0.1) is 10.2 Å². The van der Waals surface area contributed by atoms with Gasteiger partial charge in [-0.3, -0.25) is 9.78 Å². The topological polar surface area (TPSA) is 69.9 Å². The molecule has 0 amide bonds. The molecule has 0 saturated carbocycles. The van der Waals surface area contributed by atoms with Gasteiger partial charge in [0.15, 0.2) is 16.8 Å². The van der Waals surface area contributed by atoms with Gasteiger partial charge < -0.3 is 9.30 Å². The number of nitrogens with zero attached hydrogens (tertiary/aromatic N) is 4. The van der Waals surface area contributed by atoms with Crippen LogP contribution in [0.3, 0.4) is 0 Å². The van der Waals surface area contributed by atoms with E-state index < -0.39 is 0 Å². The number of aromatic nitrogens is 4. The van der Waals surface area contributed by atoms with Crippen molar-refractivity contribution in [1.29, 1.82) is 0 Å². The maximum absolute atomic E-state index is 12.3. The SMILES string of the molecule is COc1ccc(C(=O)CSc2nnc(-c3ccccn3)n2C)cc1. The summed E-state index contributed by atoms with van der Waals surface area (Å²) in [6, 6.07) is 12.7. The highest BCUT2D eigenvalue weighted by atomic mass is 32.2. The Labute approximate surface area is 143 Å². The highest BCUT2D eigenvalue weighted by Gasteiger charge is 2.14. The lowest BCUT2D eigenvalue weighted by Crippen LogP contribution is -2.04. The Morgan fingerprint density at radius 3 is 2.62 bits per heavy atom. The van der Waals surface area contributed by atoms with Gasteiger partial charge in [0.05, 0.1) is 12.9 Å². The molecule has 0 aliphatic heterocycles. The molecule has 122 valence electrons. The van der Waals surface area contributed by atoms with E-state index in [4.69, 9.17) is 4.74 Å². The van der Waals surface area contributed by atoms with Gasteiger partial charge in [-0.25, -0.2) is 0 Å². The number of thioether (sulfide) groups is 1. The molecule has 0 radical (unpaired) electrons. The molecule has 0 N–H and O–H groups in total. The molecule has 24 heavy (non-hydrogen) atoms. The van der Waals surface area contributed by atoms with Crippen LogP contribution in [0.25, 0.3) is 11.5 Å². The quantitative estimate of drug-likeness (QED) is 0.508. The van der Waals surface area contributed by atoms with Gasteiger partial charge in [0.2, 0.25) is 0 Å². The summed E-state index contributed by atoms with van der Waals surface area (Å²) >= 11 is 1.36. The van der Waals surface area contributed by atoms with E-state index in [1.54, 1.807) is 37.6 Å². The predicted molar refractivity (Wildman–Crippen MR) is 92.3 cm³/mol. The molecule has 0 atom stereocenters. The first kappa shape index (κ1) is 16.2. The number of pyridine rings is 1. The third-order valence-electron chi connectivity index (χ3n) is 3.47. The average Bonchev–Trinajstić information content (AvgIpc) is 3.01.